The number of nitrogens with zero attached hydrogens (tertiary/aromatic N) is 4. The van der Waals surface area contributed by atoms with Crippen LogP contribution < -0.4 is 22.1 Å². The first kappa shape index (κ1) is 47.3. The summed E-state index contributed by atoms with van der Waals surface area (Å²) in [4.78, 5) is 52.2. The van der Waals surface area contributed by atoms with Crippen LogP contribution in [0.15, 0.2) is 36.4 Å². The number of rotatable bonds is 16. The molecule has 0 aliphatic heterocycles. The Bertz CT molecular complexity index is 2640. The van der Waals surface area contributed by atoms with Crippen LogP contribution in [0.5, 0.6) is 0 Å². The van der Waals surface area contributed by atoms with E-state index < -0.39 is 34.4 Å². The highest BCUT2D eigenvalue weighted by molar-refractivity contribution is 7.81. The van der Waals surface area contributed by atoms with Crippen molar-refractivity contribution in [3.05, 3.63) is 81.4 Å². The van der Waals surface area contributed by atoms with Gasteiger partial charge in [-0.3, -0.25) is 19.2 Å². The minimum atomic E-state index is -4.32. The highest BCUT2D eigenvalue weighted by Crippen LogP contribution is 2.43. The number of carbonyl (C=O) groups is 4. The zero-order valence-corrected chi connectivity index (χ0v) is 41.1. The van der Waals surface area contributed by atoms with E-state index in [1.54, 1.807) is 12.1 Å². The van der Waals surface area contributed by atoms with Gasteiger partial charge in [0, 0.05) is 36.3 Å². The van der Waals surface area contributed by atoms with Crippen molar-refractivity contribution in [3.63, 3.8) is 0 Å². The predicted octanol–water partition coefficient (Wildman–Crippen LogP) is 7.90. The van der Waals surface area contributed by atoms with E-state index in [2.05, 4.69) is 38.3 Å². The van der Waals surface area contributed by atoms with Crippen LogP contribution in [0.4, 0.5) is 11.4 Å². The minimum Gasteiger partial charge on any atom is -0.382 e. The average Bonchev–Trinajstić information content (AvgIpc) is 4.20. The Morgan fingerprint density at radius 3 is 1.33 bits per heavy atom. The van der Waals surface area contributed by atoms with E-state index in [4.69, 9.17) is 30.0 Å². The molecule has 0 saturated heterocycles. The quantitative estimate of drug-likeness (QED) is 0.0840. The fraction of sp³-hybridized carbons (Fsp3) is 0.577. The maximum absolute atomic E-state index is 13.5. The van der Waals surface area contributed by atoms with E-state index in [1.807, 2.05) is 33.6 Å². The van der Waals surface area contributed by atoms with Crippen molar-refractivity contribution < 1.29 is 36.0 Å². The Kier molecular flexibility index (Phi) is 12.4. The van der Waals surface area contributed by atoms with Crippen LogP contribution in [0.25, 0.3) is 11.4 Å². The third kappa shape index (κ3) is 10.4. The molecule has 6 aliphatic carbocycles. The van der Waals surface area contributed by atoms with Gasteiger partial charge in [0.05, 0.1) is 68.6 Å². The highest BCUT2D eigenvalue weighted by atomic mass is 32.3. The maximum Gasteiger partial charge on any atom is 0.400 e. The largest absolute Gasteiger partial charge is 0.400 e. The van der Waals surface area contributed by atoms with Crippen LogP contribution in [-0.4, -0.2) is 75.7 Å². The number of primary amides is 2. The third-order valence-corrected chi connectivity index (χ3v) is 16.2. The van der Waals surface area contributed by atoms with E-state index >= 15 is 0 Å². The molecule has 0 bridgehead atoms. The van der Waals surface area contributed by atoms with E-state index in [9.17, 15) is 27.6 Å². The molecule has 0 radical (unpaired) electrons. The van der Waals surface area contributed by atoms with Crippen molar-refractivity contribution in [2.45, 2.75) is 168 Å². The summed E-state index contributed by atoms with van der Waals surface area (Å²) in [5.41, 5.74) is 19.6. The molecule has 2 aromatic carbocycles. The van der Waals surface area contributed by atoms with E-state index in [1.165, 1.54) is 0 Å². The van der Waals surface area contributed by atoms with Gasteiger partial charge in [0.15, 0.2) is 11.6 Å². The number of ketones is 2. The Labute approximate surface area is 404 Å². The molecule has 10 rings (SSSR count). The number of aromatic nitrogens is 4. The number of amides is 2. The number of fused-ring (bicyclic) bond motifs is 2. The number of anilines is 2. The summed E-state index contributed by atoms with van der Waals surface area (Å²) < 4.78 is 41.7. The molecule has 6 aliphatic rings. The van der Waals surface area contributed by atoms with Gasteiger partial charge in [-0.15, -0.1) is 0 Å². The number of hydrogen-bond donors (Lipinski definition) is 4. The second-order valence-electron chi connectivity index (χ2n) is 22.6. The Hall–Kier alpha value is -5.39. The lowest BCUT2D eigenvalue weighted by atomic mass is 9.75. The van der Waals surface area contributed by atoms with Crippen LogP contribution in [0, 0.1) is 22.7 Å². The number of Topliss-reactive ketones (excluding diaryl/α,β-unsaturated/α-hetero) is 2. The van der Waals surface area contributed by atoms with Crippen molar-refractivity contribution in [1.29, 1.82) is 0 Å². The molecule has 2 aromatic heterocycles. The van der Waals surface area contributed by atoms with Gasteiger partial charge < -0.3 is 22.1 Å². The molecule has 2 heterocycles. The molecule has 0 unspecified atom stereocenters. The van der Waals surface area contributed by atoms with Crippen molar-refractivity contribution in [2.24, 2.45) is 34.1 Å². The molecule has 0 spiro atoms. The molecule has 4 aromatic rings. The number of hydrogen-bond acceptors (Lipinski definition) is 12. The molecular formula is C52H66N8O8S. The fourth-order valence-corrected chi connectivity index (χ4v) is 12.5. The van der Waals surface area contributed by atoms with Crippen LogP contribution in [0.1, 0.15) is 182 Å². The van der Waals surface area contributed by atoms with Crippen molar-refractivity contribution in [3.8, 4) is 11.4 Å². The zero-order chi connectivity index (χ0) is 48.6. The van der Waals surface area contributed by atoms with Crippen LogP contribution in [0.3, 0.4) is 0 Å². The number of benzene rings is 2. The van der Waals surface area contributed by atoms with Gasteiger partial charge in [-0.05, 0) is 162 Å². The van der Waals surface area contributed by atoms with Crippen molar-refractivity contribution in [2.75, 3.05) is 10.6 Å². The summed E-state index contributed by atoms with van der Waals surface area (Å²) in [6, 6.07) is 10.6. The maximum atomic E-state index is 13.5. The topological polar surface area (TPSA) is 233 Å². The van der Waals surface area contributed by atoms with E-state index in [0.717, 1.165) is 83.8 Å². The second kappa shape index (κ2) is 18.1. The molecular weight excluding hydrogens is 897 g/mol. The fourth-order valence-electron chi connectivity index (χ4n) is 11.4. The van der Waals surface area contributed by atoms with Gasteiger partial charge in [0.2, 0.25) is 0 Å². The minimum absolute atomic E-state index is 0.0797. The Balaban J connectivity index is 0.751. The summed E-state index contributed by atoms with van der Waals surface area (Å²) in [6.07, 6.45) is 11.6. The second-order valence-corrected chi connectivity index (χ2v) is 23.8. The third-order valence-electron chi connectivity index (χ3n) is 15.2. The number of nitrogens with two attached hydrogens (primary N) is 2. The lowest BCUT2D eigenvalue weighted by molar-refractivity contribution is 0.0847. The van der Waals surface area contributed by atoms with Crippen molar-refractivity contribution in [1.82, 2.24) is 19.6 Å². The Morgan fingerprint density at radius 1 is 0.609 bits per heavy atom. The van der Waals surface area contributed by atoms with Gasteiger partial charge in [-0.25, -0.2) is 17.7 Å². The van der Waals surface area contributed by atoms with E-state index in [0.29, 0.717) is 111 Å². The summed E-state index contributed by atoms with van der Waals surface area (Å²) >= 11 is 0. The molecule has 368 valence electrons. The van der Waals surface area contributed by atoms with Crippen LogP contribution in [0.2, 0.25) is 0 Å². The molecule has 6 N–H and O–H groups in total. The van der Waals surface area contributed by atoms with Gasteiger partial charge >= 0.3 is 10.4 Å². The summed E-state index contributed by atoms with van der Waals surface area (Å²) in [5, 5.41) is 17.1. The SMILES string of the molecule is CC1(C)CC(=O)c2c(CC3CC3)nn(-c3ccc(C(N)=O)c(NC4CCC(OS(=O)(=O)OC5CCC(Nc6cc(-n7nc(CC8CC8)c8c7CC(C)(C)CC8=O)ccc6C(N)=O)CC5)CC4)c3)c2C1. The molecule has 2 amide bonds. The van der Waals surface area contributed by atoms with Gasteiger partial charge in [0.25, 0.3) is 11.8 Å². The molecule has 17 heteroatoms. The smallest absolute Gasteiger partial charge is 0.382 e. The number of carbonyl (C=O) groups excluding carboxylic acids is 4. The highest BCUT2D eigenvalue weighted by Gasteiger charge is 2.40. The van der Waals surface area contributed by atoms with E-state index in [-0.39, 0.29) is 34.5 Å². The Morgan fingerprint density at radius 2 is 0.986 bits per heavy atom. The van der Waals surface area contributed by atoms with Gasteiger partial charge in [0.1, 0.15) is 0 Å². The lowest BCUT2D eigenvalue weighted by Gasteiger charge is -2.32. The average molecular weight is 963 g/mol. The first-order chi connectivity index (χ1) is 32.8. The van der Waals surface area contributed by atoms with Gasteiger partial charge in [-0.1, -0.05) is 27.7 Å². The van der Waals surface area contributed by atoms with Crippen molar-refractivity contribution >= 4 is 45.2 Å². The zero-order valence-electron chi connectivity index (χ0n) is 40.3. The summed E-state index contributed by atoms with van der Waals surface area (Å²) in [6.45, 7) is 8.41. The summed E-state index contributed by atoms with van der Waals surface area (Å²) in [7, 11) is -4.32. The molecule has 0 atom stereocenters. The normalized spacial score (nSPS) is 24.3. The lowest BCUT2D eigenvalue weighted by Crippen LogP contribution is -2.35. The molecule has 69 heavy (non-hydrogen) atoms. The first-order valence-electron chi connectivity index (χ1n) is 25.1. The van der Waals surface area contributed by atoms with Gasteiger partial charge in [-0.2, -0.15) is 18.6 Å². The number of nitrogens with one attached hydrogen (secondary N) is 2. The predicted molar refractivity (Wildman–Crippen MR) is 260 cm³/mol. The van der Waals surface area contributed by atoms with Crippen LogP contribution in [-0.2, 0) is 44.4 Å². The molecule has 4 saturated carbocycles. The monoisotopic (exact) mass is 962 g/mol. The summed E-state index contributed by atoms with van der Waals surface area (Å²) in [5.74, 6) is 0.238. The van der Waals surface area contributed by atoms with Crippen LogP contribution >= 0.6 is 0 Å². The molecule has 4 fully saturated rings. The standard InChI is InChI=1S/C52H66N8O8S/c1-51(2)25-43-47(45(61)27-51)41(21-29-5-6-29)57-59(43)33-13-19-37(49(53)63)39(23-33)55-31-9-15-35(16-10-31)67-69(65,66)68-36-17-11-32(12-18-36)56-40-24-34(14-20-38(40)50(54)64)60-44-26-52(3,4)28-46(62)48(44)42(58-60)22-30-7-8-30/h13-14,19-20,23-24,29-32,35-36,55-56H,5-12,15-18,21-22,25-28H2,1-4H3,(H2,53,63)(H2,54,64). The molecule has 16 nitrogen and oxygen atoms in total. The first-order valence-corrected chi connectivity index (χ1v) is 26.4.